The van der Waals surface area contributed by atoms with Crippen molar-refractivity contribution in [3.8, 4) is 0 Å². The maximum atomic E-state index is 12.7. The van der Waals surface area contributed by atoms with Crippen molar-refractivity contribution >= 4 is 22.3 Å². The first-order chi connectivity index (χ1) is 13.5. The Morgan fingerprint density at radius 3 is 2.86 bits per heavy atom. The minimum atomic E-state index is -0.172. The summed E-state index contributed by atoms with van der Waals surface area (Å²) < 4.78 is 1.35. The van der Waals surface area contributed by atoms with Gasteiger partial charge >= 0.3 is 6.03 Å². The first-order valence-electron chi connectivity index (χ1n) is 9.52. The summed E-state index contributed by atoms with van der Waals surface area (Å²) in [5.74, 6) is 0.176. The van der Waals surface area contributed by atoms with Crippen LogP contribution >= 0.6 is 11.3 Å². The maximum Gasteiger partial charge on any atom is 0.318 e. The van der Waals surface area contributed by atoms with E-state index in [9.17, 15) is 9.59 Å². The Labute approximate surface area is 167 Å². The van der Waals surface area contributed by atoms with E-state index < -0.39 is 0 Å². The summed E-state index contributed by atoms with van der Waals surface area (Å²) in [4.78, 5) is 32.1. The van der Waals surface area contributed by atoms with Crippen LogP contribution in [0.3, 0.4) is 0 Å². The van der Waals surface area contributed by atoms with Gasteiger partial charge in [0.2, 0.25) is 4.96 Å². The predicted molar refractivity (Wildman–Crippen MR) is 109 cm³/mol. The molecule has 2 aromatic heterocycles. The summed E-state index contributed by atoms with van der Waals surface area (Å²) in [7, 11) is 0. The Hall–Kier alpha value is -2.74. The molecule has 4 rings (SSSR count). The normalized spacial score (nSPS) is 16.8. The zero-order valence-electron chi connectivity index (χ0n) is 16.0. The van der Waals surface area contributed by atoms with E-state index in [0.29, 0.717) is 18.1 Å². The number of nitrogens with zero attached hydrogens (tertiary/aromatic N) is 4. The lowest BCUT2D eigenvalue weighted by molar-refractivity contribution is 0.192. The van der Waals surface area contributed by atoms with Gasteiger partial charge in [-0.3, -0.25) is 4.79 Å². The number of likely N-dealkylation sites (tertiary alicyclic amines) is 1. The second-order valence-electron chi connectivity index (χ2n) is 7.30. The van der Waals surface area contributed by atoms with Gasteiger partial charge in [0.05, 0.1) is 11.7 Å². The Morgan fingerprint density at radius 2 is 2.11 bits per heavy atom. The van der Waals surface area contributed by atoms with Gasteiger partial charge in [0.15, 0.2) is 0 Å². The number of amides is 2. The number of fused-ring (bicyclic) bond motifs is 1. The average molecular weight is 398 g/mol. The molecule has 3 aromatic rings. The molecule has 1 aromatic carbocycles. The van der Waals surface area contributed by atoms with Gasteiger partial charge in [-0.15, -0.1) is 0 Å². The summed E-state index contributed by atoms with van der Waals surface area (Å²) in [6.07, 6.45) is 1.75. The molecule has 1 aliphatic heterocycles. The molecular formula is C20H23N5O2S. The number of nitrogens with one attached hydrogen (secondary N) is 1. The van der Waals surface area contributed by atoms with E-state index in [4.69, 9.17) is 0 Å². The van der Waals surface area contributed by atoms with Crippen molar-refractivity contribution in [2.75, 3.05) is 6.54 Å². The monoisotopic (exact) mass is 397 g/mol. The van der Waals surface area contributed by atoms with E-state index in [1.165, 1.54) is 15.9 Å². The van der Waals surface area contributed by atoms with E-state index in [0.717, 1.165) is 29.1 Å². The van der Waals surface area contributed by atoms with Crippen LogP contribution in [-0.4, -0.2) is 32.1 Å². The van der Waals surface area contributed by atoms with Crippen molar-refractivity contribution in [3.05, 3.63) is 63.0 Å². The van der Waals surface area contributed by atoms with Crippen LogP contribution in [0.4, 0.5) is 4.79 Å². The van der Waals surface area contributed by atoms with Crippen LogP contribution < -0.4 is 10.9 Å². The van der Waals surface area contributed by atoms with E-state index in [2.05, 4.69) is 15.4 Å². The predicted octanol–water partition coefficient (Wildman–Crippen LogP) is 3.32. The molecule has 3 heterocycles. The number of aromatic nitrogens is 3. The van der Waals surface area contributed by atoms with E-state index in [1.807, 2.05) is 49.1 Å². The molecule has 28 heavy (non-hydrogen) atoms. The molecule has 0 spiro atoms. The van der Waals surface area contributed by atoms with Crippen LogP contribution in [0.2, 0.25) is 0 Å². The van der Waals surface area contributed by atoms with Crippen LogP contribution in [0.25, 0.3) is 4.96 Å². The SMILES string of the molecule is CC(C)c1cc(=O)n2nc([C@H]3CCCN3C(=O)NCc3ccccc3)sc2n1. The van der Waals surface area contributed by atoms with Crippen molar-refractivity contribution in [2.45, 2.75) is 45.2 Å². The van der Waals surface area contributed by atoms with Gasteiger partial charge in [-0.2, -0.15) is 9.61 Å². The van der Waals surface area contributed by atoms with Crippen LogP contribution in [0.1, 0.15) is 54.9 Å². The summed E-state index contributed by atoms with van der Waals surface area (Å²) in [6.45, 7) is 5.19. The molecule has 1 aliphatic rings. The molecule has 0 aliphatic carbocycles. The van der Waals surface area contributed by atoms with Crippen molar-refractivity contribution in [2.24, 2.45) is 0 Å². The Morgan fingerprint density at radius 1 is 1.32 bits per heavy atom. The van der Waals surface area contributed by atoms with Gasteiger partial charge in [-0.05, 0) is 24.3 Å². The number of hydrogen-bond donors (Lipinski definition) is 1. The third kappa shape index (κ3) is 3.64. The van der Waals surface area contributed by atoms with Crippen LogP contribution in [0, 0.1) is 0 Å². The van der Waals surface area contributed by atoms with E-state index in [-0.39, 0.29) is 23.6 Å². The second-order valence-corrected chi connectivity index (χ2v) is 8.29. The van der Waals surface area contributed by atoms with Crippen molar-refractivity contribution in [1.82, 2.24) is 24.8 Å². The average Bonchev–Trinajstić information content (AvgIpc) is 3.33. The minimum Gasteiger partial charge on any atom is -0.334 e. The highest BCUT2D eigenvalue weighted by atomic mass is 32.1. The Balaban J connectivity index is 1.55. The Kier molecular flexibility index (Phi) is 5.13. The fourth-order valence-corrected chi connectivity index (χ4v) is 4.47. The standard InChI is InChI=1S/C20H23N5O2S/c1-13(2)15-11-17(26)25-20(22-15)28-18(23-25)16-9-6-10-24(16)19(27)21-12-14-7-4-3-5-8-14/h3-5,7-8,11,13,16H,6,9-10,12H2,1-2H3,(H,21,27)/t16-/m1/s1. The molecule has 7 nitrogen and oxygen atoms in total. The molecule has 0 bridgehead atoms. The number of benzene rings is 1. The quantitative estimate of drug-likeness (QED) is 0.732. The highest BCUT2D eigenvalue weighted by Crippen LogP contribution is 2.34. The highest BCUT2D eigenvalue weighted by Gasteiger charge is 2.32. The molecule has 1 atom stereocenters. The molecule has 1 N–H and O–H groups in total. The molecular weight excluding hydrogens is 374 g/mol. The molecule has 1 fully saturated rings. The van der Waals surface area contributed by atoms with E-state index >= 15 is 0 Å². The third-order valence-electron chi connectivity index (χ3n) is 4.96. The van der Waals surface area contributed by atoms with Crippen LogP contribution in [0.15, 0.2) is 41.2 Å². The van der Waals surface area contributed by atoms with Gasteiger partial charge in [-0.25, -0.2) is 9.78 Å². The number of carbonyl (C=O) groups is 1. The summed E-state index contributed by atoms with van der Waals surface area (Å²) in [5.41, 5.74) is 1.65. The lowest BCUT2D eigenvalue weighted by atomic mass is 10.1. The molecule has 0 unspecified atom stereocenters. The number of carbonyl (C=O) groups excluding carboxylic acids is 1. The number of urea groups is 1. The van der Waals surface area contributed by atoms with Gasteiger partial charge in [-0.1, -0.05) is 55.5 Å². The fourth-order valence-electron chi connectivity index (χ4n) is 3.41. The van der Waals surface area contributed by atoms with Crippen molar-refractivity contribution < 1.29 is 4.79 Å². The number of rotatable bonds is 4. The summed E-state index contributed by atoms with van der Waals surface area (Å²) in [5, 5.41) is 8.24. The molecule has 146 valence electrons. The third-order valence-corrected chi connectivity index (χ3v) is 5.97. The zero-order chi connectivity index (χ0) is 19.7. The lowest BCUT2D eigenvalue weighted by Crippen LogP contribution is -2.39. The summed E-state index contributed by atoms with van der Waals surface area (Å²) in [6, 6.07) is 11.2. The van der Waals surface area contributed by atoms with Crippen LogP contribution in [0.5, 0.6) is 0 Å². The summed E-state index contributed by atoms with van der Waals surface area (Å²) >= 11 is 1.39. The molecule has 2 amide bonds. The molecule has 1 saturated heterocycles. The van der Waals surface area contributed by atoms with E-state index in [1.54, 1.807) is 6.07 Å². The largest absolute Gasteiger partial charge is 0.334 e. The van der Waals surface area contributed by atoms with Crippen molar-refractivity contribution in [3.63, 3.8) is 0 Å². The first-order valence-corrected chi connectivity index (χ1v) is 10.3. The van der Waals surface area contributed by atoms with Gasteiger partial charge < -0.3 is 10.2 Å². The maximum absolute atomic E-state index is 12.7. The zero-order valence-corrected chi connectivity index (χ0v) is 16.8. The molecule has 8 heteroatoms. The second kappa shape index (κ2) is 7.71. The highest BCUT2D eigenvalue weighted by molar-refractivity contribution is 7.16. The van der Waals surface area contributed by atoms with Gasteiger partial charge in [0, 0.05) is 19.2 Å². The van der Waals surface area contributed by atoms with Crippen molar-refractivity contribution in [1.29, 1.82) is 0 Å². The molecule has 0 saturated carbocycles. The topological polar surface area (TPSA) is 79.6 Å². The Bertz CT molecular complexity index is 1040. The van der Waals surface area contributed by atoms with Crippen LogP contribution in [-0.2, 0) is 6.54 Å². The number of hydrogen-bond acceptors (Lipinski definition) is 5. The molecule has 0 radical (unpaired) electrons. The first kappa shape index (κ1) is 18.6. The lowest BCUT2D eigenvalue weighted by Gasteiger charge is -2.23. The minimum absolute atomic E-state index is 0.103. The fraction of sp³-hybridized carbons (Fsp3) is 0.400. The van der Waals surface area contributed by atoms with Gasteiger partial charge in [0.25, 0.3) is 5.56 Å². The van der Waals surface area contributed by atoms with Gasteiger partial charge in [0.1, 0.15) is 5.01 Å². The smallest absolute Gasteiger partial charge is 0.318 e.